The standard InChI is InChI=1S/C15H22N2O2/c1-3-5-10-15(19)17-13-9-6-8-12(11-13)16-14(18)7-4-2/h6,8-9,11H,3-5,7,10H2,1-2H3,(H,16,18)(H,17,19). The summed E-state index contributed by atoms with van der Waals surface area (Å²) < 4.78 is 0. The normalized spacial score (nSPS) is 10.0. The van der Waals surface area contributed by atoms with Crippen LogP contribution in [0.3, 0.4) is 0 Å². The molecule has 0 fully saturated rings. The summed E-state index contributed by atoms with van der Waals surface area (Å²) in [5.41, 5.74) is 1.43. The van der Waals surface area contributed by atoms with Crippen molar-refractivity contribution in [3.8, 4) is 0 Å². The Labute approximate surface area is 114 Å². The third kappa shape index (κ3) is 6.04. The predicted molar refractivity (Wildman–Crippen MR) is 78.1 cm³/mol. The van der Waals surface area contributed by atoms with E-state index in [9.17, 15) is 9.59 Å². The highest BCUT2D eigenvalue weighted by atomic mass is 16.2. The van der Waals surface area contributed by atoms with Gasteiger partial charge in [-0.2, -0.15) is 0 Å². The molecular weight excluding hydrogens is 240 g/mol. The van der Waals surface area contributed by atoms with Crippen molar-refractivity contribution >= 4 is 23.2 Å². The van der Waals surface area contributed by atoms with E-state index in [-0.39, 0.29) is 11.8 Å². The second-order valence-electron chi connectivity index (χ2n) is 4.53. The number of anilines is 2. The molecule has 1 aromatic rings. The third-order valence-electron chi connectivity index (χ3n) is 2.66. The molecule has 4 nitrogen and oxygen atoms in total. The van der Waals surface area contributed by atoms with Gasteiger partial charge in [0.05, 0.1) is 0 Å². The Morgan fingerprint density at radius 2 is 1.53 bits per heavy atom. The van der Waals surface area contributed by atoms with Crippen molar-refractivity contribution in [1.82, 2.24) is 0 Å². The first-order valence-electron chi connectivity index (χ1n) is 6.85. The molecule has 4 heteroatoms. The van der Waals surface area contributed by atoms with Crippen molar-refractivity contribution in [2.24, 2.45) is 0 Å². The second kappa shape index (κ2) is 8.29. The lowest BCUT2D eigenvalue weighted by molar-refractivity contribution is -0.117. The van der Waals surface area contributed by atoms with Crippen LogP contribution in [0.15, 0.2) is 24.3 Å². The molecule has 2 amide bonds. The highest BCUT2D eigenvalue weighted by Gasteiger charge is 2.04. The van der Waals surface area contributed by atoms with Crippen molar-refractivity contribution < 1.29 is 9.59 Å². The first kappa shape index (κ1) is 15.2. The van der Waals surface area contributed by atoms with Gasteiger partial charge in [-0.15, -0.1) is 0 Å². The number of carbonyl (C=O) groups is 2. The Bertz CT molecular complexity index is 430. The van der Waals surface area contributed by atoms with E-state index in [0.29, 0.717) is 18.5 Å². The number of hydrogen-bond acceptors (Lipinski definition) is 2. The molecule has 0 radical (unpaired) electrons. The van der Waals surface area contributed by atoms with Crippen LogP contribution >= 0.6 is 0 Å². The van der Waals surface area contributed by atoms with Crippen LogP contribution in [0.5, 0.6) is 0 Å². The van der Waals surface area contributed by atoms with Crippen molar-refractivity contribution in [3.63, 3.8) is 0 Å². The molecule has 104 valence electrons. The maximum Gasteiger partial charge on any atom is 0.224 e. The van der Waals surface area contributed by atoms with Crippen LogP contribution < -0.4 is 10.6 Å². The van der Waals surface area contributed by atoms with E-state index in [1.165, 1.54) is 0 Å². The molecular formula is C15H22N2O2. The fraction of sp³-hybridized carbons (Fsp3) is 0.467. The number of hydrogen-bond donors (Lipinski definition) is 2. The van der Waals surface area contributed by atoms with Crippen LogP contribution in [0, 0.1) is 0 Å². The van der Waals surface area contributed by atoms with Gasteiger partial charge in [0.2, 0.25) is 11.8 Å². The van der Waals surface area contributed by atoms with E-state index in [1.807, 2.05) is 25.1 Å². The average Bonchev–Trinajstić information content (AvgIpc) is 2.37. The zero-order valence-corrected chi connectivity index (χ0v) is 11.7. The Balaban J connectivity index is 2.56. The minimum absolute atomic E-state index is 0.00282. The van der Waals surface area contributed by atoms with Gasteiger partial charge in [0.25, 0.3) is 0 Å². The minimum atomic E-state index is -0.00282. The van der Waals surface area contributed by atoms with Crippen molar-refractivity contribution in [2.75, 3.05) is 10.6 Å². The van der Waals surface area contributed by atoms with Crippen LogP contribution in [-0.4, -0.2) is 11.8 Å². The van der Waals surface area contributed by atoms with Gasteiger partial charge < -0.3 is 10.6 Å². The van der Waals surface area contributed by atoms with E-state index < -0.39 is 0 Å². The maximum atomic E-state index is 11.6. The largest absolute Gasteiger partial charge is 0.326 e. The van der Waals surface area contributed by atoms with E-state index in [1.54, 1.807) is 6.07 Å². The quantitative estimate of drug-likeness (QED) is 0.789. The van der Waals surface area contributed by atoms with E-state index >= 15 is 0 Å². The molecule has 0 unspecified atom stereocenters. The van der Waals surface area contributed by atoms with E-state index in [4.69, 9.17) is 0 Å². The molecule has 0 aromatic heterocycles. The van der Waals surface area contributed by atoms with Gasteiger partial charge in [-0.25, -0.2) is 0 Å². The van der Waals surface area contributed by atoms with Gasteiger partial charge in [0, 0.05) is 24.2 Å². The minimum Gasteiger partial charge on any atom is -0.326 e. The van der Waals surface area contributed by atoms with Crippen molar-refractivity contribution in [1.29, 1.82) is 0 Å². The Morgan fingerprint density at radius 3 is 2.05 bits per heavy atom. The monoisotopic (exact) mass is 262 g/mol. The lowest BCUT2D eigenvalue weighted by atomic mass is 10.2. The van der Waals surface area contributed by atoms with Crippen LogP contribution in [0.1, 0.15) is 46.0 Å². The van der Waals surface area contributed by atoms with Crippen LogP contribution in [0.2, 0.25) is 0 Å². The topological polar surface area (TPSA) is 58.2 Å². The van der Waals surface area contributed by atoms with Crippen molar-refractivity contribution in [3.05, 3.63) is 24.3 Å². The number of benzene rings is 1. The fourth-order valence-corrected chi connectivity index (χ4v) is 1.69. The molecule has 0 heterocycles. The van der Waals surface area contributed by atoms with Gasteiger partial charge in [-0.3, -0.25) is 9.59 Å². The molecule has 1 aromatic carbocycles. The maximum absolute atomic E-state index is 11.6. The number of amides is 2. The summed E-state index contributed by atoms with van der Waals surface area (Å²) in [6.45, 7) is 4.02. The molecule has 0 aliphatic heterocycles. The van der Waals surface area contributed by atoms with Crippen molar-refractivity contribution in [2.45, 2.75) is 46.0 Å². The summed E-state index contributed by atoms with van der Waals surface area (Å²) in [6, 6.07) is 7.23. The molecule has 2 N–H and O–H groups in total. The molecule has 0 atom stereocenters. The van der Waals surface area contributed by atoms with Gasteiger partial charge in [-0.05, 0) is 31.0 Å². The Hall–Kier alpha value is -1.84. The lowest BCUT2D eigenvalue weighted by Gasteiger charge is -2.08. The average molecular weight is 262 g/mol. The molecule has 0 saturated carbocycles. The highest BCUT2D eigenvalue weighted by Crippen LogP contribution is 2.16. The molecule has 0 saturated heterocycles. The summed E-state index contributed by atoms with van der Waals surface area (Å²) in [4.78, 5) is 23.1. The van der Waals surface area contributed by atoms with E-state index in [2.05, 4.69) is 17.6 Å². The van der Waals surface area contributed by atoms with Crippen LogP contribution in [0.25, 0.3) is 0 Å². The number of unbranched alkanes of at least 4 members (excludes halogenated alkanes) is 1. The molecule has 0 aliphatic carbocycles. The lowest BCUT2D eigenvalue weighted by Crippen LogP contribution is -2.13. The number of rotatable bonds is 7. The molecule has 0 spiro atoms. The molecule has 0 aliphatic rings. The summed E-state index contributed by atoms with van der Waals surface area (Å²) in [6.07, 6.45) is 3.74. The Kier molecular flexibility index (Phi) is 6.64. The van der Waals surface area contributed by atoms with Crippen LogP contribution in [-0.2, 0) is 9.59 Å². The smallest absolute Gasteiger partial charge is 0.224 e. The van der Waals surface area contributed by atoms with Gasteiger partial charge in [-0.1, -0.05) is 26.3 Å². The fourth-order valence-electron chi connectivity index (χ4n) is 1.69. The molecule has 1 rings (SSSR count). The summed E-state index contributed by atoms with van der Waals surface area (Å²) in [7, 11) is 0. The van der Waals surface area contributed by atoms with E-state index in [0.717, 1.165) is 24.9 Å². The number of carbonyl (C=O) groups excluding carboxylic acids is 2. The zero-order chi connectivity index (χ0) is 14.1. The first-order valence-corrected chi connectivity index (χ1v) is 6.85. The summed E-state index contributed by atoms with van der Waals surface area (Å²) in [5.74, 6) is 0.0100. The van der Waals surface area contributed by atoms with Gasteiger partial charge >= 0.3 is 0 Å². The molecule has 0 bridgehead atoms. The molecule has 19 heavy (non-hydrogen) atoms. The van der Waals surface area contributed by atoms with Crippen LogP contribution in [0.4, 0.5) is 11.4 Å². The zero-order valence-electron chi connectivity index (χ0n) is 11.7. The van der Waals surface area contributed by atoms with Gasteiger partial charge in [0.15, 0.2) is 0 Å². The summed E-state index contributed by atoms with van der Waals surface area (Å²) in [5, 5.41) is 5.64. The number of nitrogens with one attached hydrogen (secondary N) is 2. The third-order valence-corrected chi connectivity index (χ3v) is 2.66. The van der Waals surface area contributed by atoms with Gasteiger partial charge in [0.1, 0.15) is 0 Å². The SMILES string of the molecule is CCCCC(=O)Nc1cccc(NC(=O)CCC)c1. The Morgan fingerprint density at radius 1 is 0.947 bits per heavy atom. The second-order valence-corrected chi connectivity index (χ2v) is 4.53. The summed E-state index contributed by atoms with van der Waals surface area (Å²) >= 11 is 0. The predicted octanol–water partition coefficient (Wildman–Crippen LogP) is 3.55. The highest BCUT2D eigenvalue weighted by molar-refractivity contribution is 5.94. The first-order chi connectivity index (χ1) is 9.15.